The summed E-state index contributed by atoms with van der Waals surface area (Å²) >= 11 is 0. The van der Waals surface area contributed by atoms with Crippen LogP contribution in [0.2, 0.25) is 0 Å². The highest BCUT2D eigenvalue weighted by molar-refractivity contribution is 6.17. The second-order valence-electron chi connectivity index (χ2n) is 12.3. The normalized spacial score (nSPS) is 13.6. The lowest BCUT2D eigenvalue weighted by atomic mass is 9.99. The number of hydrogen-bond acceptors (Lipinski definition) is 5. The number of hydrogen-bond donors (Lipinski definition) is 0. The molecule has 0 unspecified atom stereocenters. The van der Waals surface area contributed by atoms with E-state index in [9.17, 15) is 4.11 Å². The van der Waals surface area contributed by atoms with Crippen LogP contribution in [-0.4, -0.2) is 19.5 Å². The van der Waals surface area contributed by atoms with Gasteiger partial charge in [-0.3, -0.25) is 4.57 Å². The first kappa shape index (κ1) is 22.6. The molecule has 238 valence electrons. The van der Waals surface area contributed by atoms with Crippen molar-refractivity contribution < 1.29 is 17.1 Å². The fraction of sp³-hybridized carbons (Fsp3) is 0. The van der Waals surface area contributed by atoms with Gasteiger partial charge in [0.05, 0.1) is 19.3 Å². The zero-order chi connectivity index (χ0) is 38.7. The average Bonchev–Trinajstić information content (AvgIpc) is 3.92. The summed E-state index contributed by atoms with van der Waals surface area (Å²) in [6.07, 6.45) is 0. The largest absolute Gasteiger partial charge is 0.456 e. The third-order valence-electron chi connectivity index (χ3n) is 9.39. The predicted molar refractivity (Wildman–Crippen MR) is 205 cm³/mol. The highest BCUT2D eigenvalue weighted by Crippen LogP contribution is 2.40. The molecule has 0 aliphatic heterocycles. The lowest BCUT2D eigenvalue weighted by molar-refractivity contribution is 0.669. The molecule has 0 N–H and O–H groups in total. The van der Waals surface area contributed by atoms with Gasteiger partial charge in [-0.2, -0.15) is 9.97 Å². The van der Waals surface area contributed by atoms with Crippen molar-refractivity contribution in [3.63, 3.8) is 0 Å². The summed E-state index contributed by atoms with van der Waals surface area (Å²) in [6, 6.07) is 36.5. The third kappa shape index (κ3) is 4.26. The molecule has 0 aliphatic rings. The Hall–Kier alpha value is -7.05. The Morgan fingerprint density at radius 2 is 1.18 bits per heavy atom. The average molecular weight is 661 g/mol. The van der Waals surface area contributed by atoms with E-state index in [0.29, 0.717) is 22.5 Å². The second-order valence-corrected chi connectivity index (χ2v) is 12.3. The molecule has 6 heteroatoms. The summed E-state index contributed by atoms with van der Waals surface area (Å²) < 4.78 is 69.1. The summed E-state index contributed by atoms with van der Waals surface area (Å²) in [5.41, 5.74) is 4.56. The molecule has 6 nitrogen and oxygen atoms in total. The molecule has 0 spiro atoms. The minimum Gasteiger partial charge on any atom is -0.456 e. The number of rotatable bonds is 4. The van der Waals surface area contributed by atoms with Crippen molar-refractivity contribution in [3.8, 4) is 39.9 Å². The molecule has 0 amide bonds. The lowest BCUT2D eigenvalue weighted by Gasteiger charge is -2.11. The molecule has 51 heavy (non-hydrogen) atoms. The zero-order valence-corrected chi connectivity index (χ0v) is 26.7. The molecular weight excluding hydrogens is 629 g/mol. The smallest absolute Gasteiger partial charge is 0.238 e. The first-order valence-corrected chi connectivity index (χ1v) is 16.5. The van der Waals surface area contributed by atoms with Gasteiger partial charge in [0.25, 0.3) is 0 Å². The summed E-state index contributed by atoms with van der Waals surface area (Å²) in [5.74, 6) is 0.524. The van der Waals surface area contributed by atoms with Crippen molar-refractivity contribution in [2.45, 2.75) is 0 Å². The molecule has 11 aromatic rings. The van der Waals surface area contributed by atoms with E-state index in [0.717, 1.165) is 43.7 Å². The highest BCUT2D eigenvalue weighted by Gasteiger charge is 2.21. The molecule has 4 aromatic heterocycles. The van der Waals surface area contributed by atoms with Crippen LogP contribution >= 0.6 is 0 Å². The van der Waals surface area contributed by atoms with Crippen LogP contribution in [0.3, 0.4) is 0 Å². The minimum absolute atomic E-state index is 0.0118. The van der Waals surface area contributed by atoms with E-state index >= 15 is 0 Å². The van der Waals surface area contributed by atoms with Gasteiger partial charge >= 0.3 is 0 Å². The Bertz CT molecular complexity index is 3490. The number of benzene rings is 7. The minimum atomic E-state index is -0.341. The van der Waals surface area contributed by atoms with Crippen LogP contribution < -0.4 is 0 Å². The van der Waals surface area contributed by atoms with Crippen molar-refractivity contribution in [3.05, 3.63) is 158 Å². The first-order chi connectivity index (χ1) is 27.8. The molecule has 7 aromatic carbocycles. The maximum atomic E-state index is 9.56. The van der Waals surface area contributed by atoms with Gasteiger partial charge in [-0.15, -0.1) is 0 Å². The predicted octanol–water partition coefficient (Wildman–Crippen LogP) is 11.8. The summed E-state index contributed by atoms with van der Waals surface area (Å²) in [4.78, 5) is 14.9. The molecule has 0 atom stereocenters. The van der Waals surface area contributed by atoms with Gasteiger partial charge in [0.2, 0.25) is 5.95 Å². The topological polar surface area (TPSA) is 69.9 Å². The molecular formula is C45H26N4O2. The maximum Gasteiger partial charge on any atom is 0.238 e. The van der Waals surface area contributed by atoms with Crippen molar-refractivity contribution in [2.75, 3.05) is 0 Å². The summed E-state index contributed by atoms with van der Waals surface area (Å²) in [7, 11) is 0. The number of fused-ring (bicyclic) bond motifs is 9. The van der Waals surface area contributed by atoms with Gasteiger partial charge in [-0.1, -0.05) is 115 Å². The van der Waals surface area contributed by atoms with E-state index in [1.807, 2.05) is 95.6 Å². The van der Waals surface area contributed by atoms with E-state index in [1.165, 1.54) is 0 Å². The van der Waals surface area contributed by atoms with Crippen LogP contribution in [0, 0.1) is 0 Å². The van der Waals surface area contributed by atoms with E-state index in [2.05, 4.69) is 6.07 Å². The third-order valence-corrected chi connectivity index (χ3v) is 9.39. The Morgan fingerprint density at radius 1 is 0.471 bits per heavy atom. The lowest BCUT2D eigenvalue weighted by Crippen LogP contribution is -2.06. The quantitative estimate of drug-likeness (QED) is 0.188. The molecule has 0 fully saturated rings. The maximum absolute atomic E-state index is 9.56. The van der Waals surface area contributed by atoms with Crippen LogP contribution in [0.1, 0.15) is 8.22 Å². The van der Waals surface area contributed by atoms with Gasteiger partial charge in [-0.25, -0.2) is 4.98 Å². The highest BCUT2D eigenvalue weighted by atomic mass is 16.3. The number of nitrogens with zero attached hydrogens (tertiary/aromatic N) is 4. The summed E-state index contributed by atoms with van der Waals surface area (Å²) in [6.45, 7) is 0. The first-order valence-electron chi connectivity index (χ1n) is 19.5. The van der Waals surface area contributed by atoms with Gasteiger partial charge < -0.3 is 8.83 Å². The van der Waals surface area contributed by atoms with Crippen molar-refractivity contribution in [1.82, 2.24) is 19.5 Å². The Morgan fingerprint density at radius 3 is 2.02 bits per heavy atom. The van der Waals surface area contributed by atoms with Crippen LogP contribution in [0.5, 0.6) is 0 Å². The van der Waals surface area contributed by atoms with Crippen LogP contribution in [0.15, 0.2) is 166 Å². The van der Waals surface area contributed by atoms with Gasteiger partial charge in [0, 0.05) is 43.4 Å². The van der Waals surface area contributed by atoms with Crippen molar-refractivity contribution in [2.24, 2.45) is 0 Å². The monoisotopic (exact) mass is 660 g/mol. The second kappa shape index (κ2) is 10.7. The standard InChI is InChI=1S/C45H26N4O2/c1-3-12-27(13-4-1)30-18-11-21-39-42(30)33-23-22-29(24-40(33)51-39)44-46-43(28-14-5-2-6-15-28)47-45(48-44)49-36-19-9-7-16-31(36)34-26-41-35(25-37(34)49)32-17-8-10-20-38(32)50-41/h1-26H/i11D,18D,21D,22D,23D,24D. The fourth-order valence-corrected chi connectivity index (χ4v) is 7.08. The Kier molecular flexibility index (Phi) is 4.74. The van der Waals surface area contributed by atoms with Gasteiger partial charge in [0.1, 0.15) is 22.3 Å². The van der Waals surface area contributed by atoms with E-state index in [1.54, 1.807) is 24.3 Å². The molecule has 0 radical (unpaired) electrons. The van der Waals surface area contributed by atoms with Crippen molar-refractivity contribution in [1.29, 1.82) is 0 Å². The van der Waals surface area contributed by atoms with E-state index < -0.39 is 0 Å². The van der Waals surface area contributed by atoms with Gasteiger partial charge in [0.15, 0.2) is 11.6 Å². The summed E-state index contributed by atoms with van der Waals surface area (Å²) in [5, 5.41) is 4.11. The molecule has 0 bridgehead atoms. The van der Waals surface area contributed by atoms with Crippen molar-refractivity contribution >= 4 is 65.7 Å². The SMILES string of the molecule is [2H]c1c([2H])c(-c2ccccc2)c2c(oc3c([2H])c(-c4nc(-c5ccccc5)nc(-n5c6ccccc6c6cc7oc8ccccc8c7cc65)n4)c([2H])c([2H])c32)c1[2H]. The Balaban J connectivity index is 1.23. The molecule has 0 saturated heterocycles. The van der Waals surface area contributed by atoms with Crippen LogP contribution in [0.4, 0.5) is 0 Å². The number of furan rings is 2. The number of aromatic nitrogens is 4. The zero-order valence-electron chi connectivity index (χ0n) is 32.7. The van der Waals surface area contributed by atoms with E-state index in [4.69, 9.17) is 27.9 Å². The fourth-order valence-electron chi connectivity index (χ4n) is 7.08. The molecule has 0 aliphatic carbocycles. The molecule has 0 saturated carbocycles. The van der Waals surface area contributed by atoms with Crippen LogP contribution in [0.25, 0.3) is 106 Å². The van der Waals surface area contributed by atoms with Crippen LogP contribution in [-0.2, 0) is 0 Å². The Labute approximate surface area is 299 Å². The molecule has 4 heterocycles. The number of para-hydroxylation sites is 2. The van der Waals surface area contributed by atoms with E-state index in [-0.39, 0.29) is 75.5 Å². The van der Waals surface area contributed by atoms with Gasteiger partial charge in [-0.05, 0) is 53.5 Å². The molecule has 11 rings (SSSR count).